The lowest BCUT2D eigenvalue weighted by molar-refractivity contribution is 1.18. The largest absolute Gasteiger partial charge is 0.311 e. The molecular weight excluding hydrogens is 629 g/mol. The lowest BCUT2D eigenvalue weighted by Gasteiger charge is -2.26. The fraction of sp³-hybridized carbons (Fsp3) is 0.0400. The van der Waals surface area contributed by atoms with Crippen molar-refractivity contribution in [1.29, 1.82) is 0 Å². The van der Waals surface area contributed by atoms with Gasteiger partial charge in [0.05, 0.1) is 11.0 Å². The molecule has 0 fully saturated rings. The number of anilines is 3. The van der Waals surface area contributed by atoms with E-state index in [1.807, 2.05) is 0 Å². The molecule has 9 aromatic rings. The van der Waals surface area contributed by atoms with E-state index in [1.54, 1.807) is 0 Å². The highest BCUT2D eigenvalue weighted by atomic mass is 15.1. The fourth-order valence-electron chi connectivity index (χ4n) is 7.63. The molecule has 1 aromatic heterocycles. The van der Waals surface area contributed by atoms with Crippen molar-refractivity contribution < 1.29 is 0 Å². The van der Waals surface area contributed by atoms with Gasteiger partial charge in [-0.1, -0.05) is 145 Å². The number of rotatable bonds is 7. The second kappa shape index (κ2) is 13.2. The van der Waals surface area contributed by atoms with Gasteiger partial charge in [-0.05, 0) is 108 Å². The summed E-state index contributed by atoms with van der Waals surface area (Å²) < 4.78 is 2.36. The summed E-state index contributed by atoms with van der Waals surface area (Å²) in [5.41, 5.74) is 16.7. The van der Waals surface area contributed by atoms with Crippen LogP contribution in [0.2, 0.25) is 0 Å². The molecule has 0 unspecified atom stereocenters. The molecule has 8 aromatic carbocycles. The molecule has 1 heterocycles. The van der Waals surface area contributed by atoms with E-state index >= 15 is 0 Å². The number of hydrogen-bond acceptors (Lipinski definition) is 1. The first-order chi connectivity index (χ1) is 25.6. The van der Waals surface area contributed by atoms with E-state index in [-0.39, 0.29) is 0 Å². The van der Waals surface area contributed by atoms with Gasteiger partial charge < -0.3 is 9.47 Å². The molecule has 0 N–H and O–H groups in total. The number of benzene rings is 8. The standard InChI is InChI=1S/C50H38N2/c1-35-32-36(2)34-42(33-35)41-22-28-45(29-23-41)51(43-24-16-38(17-25-43)37-10-4-3-5-11-37)44-26-18-39(19-27-44)40-20-30-46(31-21-40)52-49-14-8-6-12-47(49)48-13-7-9-15-50(48)52/h3-34H,1-2H3. The number of para-hydroxylation sites is 2. The lowest BCUT2D eigenvalue weighted by atomic mass is 10.00. The topological polar surface area (TPSA) is 8.17 Å². The zero-order chi connectivity index (χ0) is 35.0. The van der Waals surface area contributed by atoms with Crippen LogP contribution in [0.15, 0.2) is 194 Å². The normalized spacial score (nSPS) is 11.3. The van der Waals surface area contributed by atoms with Crippen LogP contribution in [0.4, 0.5) is 17.1 Å². The molecule has 0 aliphatic heterocycles. The van der Waals surface area contributed by atoms with Crippen LogP contribution >= 0.6 is 0 Å². The Morgan fingerprint density at radius 1 is 0.327 bits per heavy atom. The molecule has 9 rings (SSSR count). The van der Waals surface area contributed by atoms with E-state index in [9.17, 15) is 0 Å². The van der Waals surface area contributed by atoms with Gasteiger partial charge in [0.2, 0.25) is 0 Å². The Labute approximate surface area is 305 Å². The smallest absolute Gasteiger partial charge is 0.0541 e. The third-order valence-electron chi connectivity index (χ3n) is 10.1. The van der Waals surface area contributed by atoms with Crippen molar-refractivity contribution >= 4 is 38.9 Å². The molecule has 0 aliphatic carbocycles. The van der Waals surface area contributed by atoms with Crippen LogP contribution < -0.4 is 4.90 Å². The van der Waals surface area contributed by atoms with Gasteiger partial charge in [-0.3, -0.25) is 0 Å². The summed E-state index contributed by atoms with van der Waals surface area (Å²) in [6.45, 7) is 4.32. The van der Waals surface area contributed by atoms with Crippen LogP contribution in [0, 0.1) is 13.8 Å². The fourth-order valence-corrected chi connectivity index (χ4v) is 7.63. The highest BCUT2D eigenvalue weighted by Crippen LogP contribution is 2.38. The van der Waals surface area contributed by atoms with Gasteiger partial charge in [-0.2, -0.15) is 0 Å². The van der Waals surface area contributed by atoms with Crippen LogP contribution in [0.5, 0.6) is 0 Å². The SMILES string of the molecule is Cc1cc(C)cc(-c2ccc(N(c3ccc(-c4ccccc4)cc3)c3ccc(-c4ccc(-n5c6ccccc6c6ccccc65)cc4)cc3)cc2)c1. The second-order valence-corrected chi connectivity index (χ2v) is 13.6. The van der Waals surface area contributed by atoms with Gasteiger partial charge in [0.1, 0.15) is 0 Å². The molecule has 0 aliphatic rings. The van der Waals surface area contributed by atoms with Gasteiger partial charge in [-0.15, -0.1) is 0 Å². The Balaban J connectivity index is 1.06. The monoisotopic (exact) mass is 666 g/mol. The Bertz CT molecular complexity index is 2570. The van der Waals surface area contributed by atoms with Crippen LogP contribution in [0.3, 0.4) is 0 Å². The molecule has 248 valence electrons. The van der Waals surface area contributed by atoms with Crippen molar-refractivity contribution in [2.75, 3.05) is 4.90 Å². The average molecular weight is 667 g/mol. The summed E-state index contributed by atoms with van der Waals surface area (Å²) in [5.74, 6) is 0. The maximum Gasteiger partial charge on any atom is 0.0541 e. The van der Waals surface area contributed by atoms with Crippen molar-refractivity contribution in [3.63, 3.8) is 0 Å². The summed E-state index contributed by atoms with van der Waals surface area (Å²) >= 11 is 0. The third-order valence-corrected chi connectivity index (χ3v) is 10.1. The Hall–Kier alpha value is -6.64. The minimum Gasteiger partial charge on any atom is -0.311 e. The molecular formula is C50H38N2. The number of fused-ring (bicyclic) bond motifs is 3. The van der Waals surface area contributed by atoms with Crippen LogP contribution in [0.25, 0.3) is 60.9 Å². The quantitative estimate of drug-likeness (QED) is 0.164. The molecule has 2 heteroatoms. The van der Waals surface area contributed by atoms with Crippen LogP contribution in [-0.4, -0.2) is 4.57 Å². The molecule has 0 bridgehead atoms. The Morgan fingerprint density at radius 3 is 1.15 bits per heavy atom. The summed E-state index contributed by atoms with van der Waals surface area (Å²) in [6.07, 6.45) is 0. The van der Waals surface area contributed by atoms with Crippen molar-refractivity contribution in [3.8, 4) is 39.1 Å². The van der Waals surface area contributed by atoms with Crippen molar-refractivity contribution in [2.45, 2.75) is 13.8 Å². The summed E-state index contributed by atoms with van der Waals surface area (Å²) in [7, 11) is 0. The van der Waals surface area contributed by atoms with Crippen LogP contribution in [-0.2, 0) is 0 Å². The first-order valence-corrected chi connectivity index (χ1v) is 17.9. The van der Waals surface area contributed by atoms with Gasteiger partial charge in [-0.25, -0.2) is 0 Å². The van der Waals surface area contributed by atoms with E-state index in [1.165, 1.54) is 66.3 Å². The Morgan fingerprint density at radius 2 is 0.692 bits per heavy atom. The van der Waals surface area contributed by atoms with Gasteiger partial charge in [0, 0.05) is 33.5 Å². The summed E-state index contributed by atoms with van der Waals surface area (Å²) in [4.78, 5) is 2.34. The van der Waals surface area contributed by atoms with Crippen molar-refractivity contribution in [1.82, 2.24) is 4.57 Å². The van der Waals surface area contributed by atoms with Crippen LogP contribution in [0.1, 0.15) is 11.1 Å². The molecule has 0 amide bonds. The van der Waals surface area contributed by atoms with E-state index in [2.05, 4.69) is 217 Å². The Kier molecular flexibility index (Phi) is 7.98. The molecule has 52 heavy (non-hydrogen) atoms. The summed E-state index contributed by atoms with van der Waals surface area (Å²) in [5, 5.41) is 2.55. The predicted molar refractivity (Wildman–Crippen MR) is 221 cm³/mol. The van der Waals surface area contributed by atoms with E-state index in [0.717, 1.165) is 22.7 Å². The summed E-state index contributed by atoms with van der Waals surface area (Å²) in [6, 6.07) is 70.3. The second-order valence-electron chi connectivity index (χ2n) is 13.6. The van der Waals surface area contributed by atoms with E-state index in [4.69, 9.17) is 0 Å². The van der Waals surface area contributed by atoms with Gasteiger partial charge in [0.25, 0.3) is 0 Å². The van der Waals surface area contributed by atoms with Crippen molar-refractivity contribution in [3.05, 3.63) is 205 Å². The molecule has 0 spiro atoms. The van der Waals surface area contributed by atoms with E-state index < -0.39 is 0 Å². The minimum absolute atomic E-state index is 1.11. The maximum atomic E-state index is 2.36. The maximum absolute atomic E-state index is 2.36. The average Bonchev–Trinajstić information content (AvgIpc) is 3.53. The minimum atomic E-state index is 1.11. The number of aromatic nitrogens is 1. The first-order valence-electron chi connectivity index (χ1n) is 17.9. The predicted octanol–water partition coefficient (Wildman–Crippen LogP) is 13.9. The highest BCUT2D eigenvalue weighted by Gasteiger charge is 2.15. The molecule has 2 nitrogen and oxygen atoms in total. The molecule has 0 radical (unpaired) electrons. The highest BCUT2D eigenvalue weighted by molar-refractivity contribution is 6.09. The van der Waals surface area contributed by atoms with Gasteiger partial charge >= 0.3 is 0 Å². The zero-order valence-corrected chi connectivity index (χ0v) is 29.4. The number of aryl methyl sites for hydroxylation is 2. The zero-order valence-electron chi connectivity index (χ0n) is 29.4. The van der Waals surface area contributed by atoms with Crippen molar-refractivity contribution in [2.24, 2.45) is 0 Å². The number of hydrogen-bond donors (Lipinski definition) is 0. The molecule has 0 saturated carbocycles. The van der Waals surface area contributed by atoms with E-state index in [0.29, 0.717) is 0 Å². The molecule has 0 saturated heterocycles. The molecule has 0 atom stereocenters. The lowest BCUT2D eigenvalue weighted by Crippen LogP contribution is -2.09. The first kappa shape index (κ1) is 31.3. The number of nitrogens with zero attached hydrogens (tertiary/aromatic N) is 2. The van der Waals surface area contributed by atoms with Gasteiger partial charge in [0.15, 0.2) is 0 Å². The third kappa shape index (κ3) is 5.85.